The fourth-order valence-electron chi connectivity index (χ4n) is 14.4. The Morgan fingerprint density at radius 2 is 1.64 bits per heavy atom. The molecule has 0 radical (unpaired) electrons. The quantitative estimate of drug-likeness (QED) is 0.202. The van der Waals surface area contributed by atoms with Gasteiger partial charge in [0.2, 0.25) is 0 Å². The van der Waals surface area contributed by atoms with Crippen LogP contribution in [0.3, 0.4) is 0 Å². The van der Waals surface area contributed by atoms with Crippen molar-refractivity contribution < 1.29 is 14.1 Å². The molecule has 0 bridgehead atoms. The van der Waals surface area contributed by atoms with Gasteiger partial charge < -0.3 is 15.3 Å². The lowest BCUT2D eigenvalue weighted by Gasteiger charge is -2.75. The minimum absolute atomic E-state index is 0.00795. The average Bonchev–Trinajstić information content (AvgIpc) is 3.45. The number of nitrogens with zero attached hydrogens (tertiary/aromatic N) is 1. The predicted octanol–water partition coefficient (Wildman–Crippen LogP) is 9.15. The number of nitrogens with one attached hydrogen (secondary N) is 1. The first-order valence-electron chi connectivity index (χ1n) is 20.2. The molecule has 4 saturated carbocycles. The zero-order chi connectivity index (χ0) is 36.1. The van der Waals surface area contributed by atoms with Gasteiger partial charge in [0.25, 0.3) is 0 Å². The summed E-state index contributed by atoms with van der Waals surface area (Å²) in [6.07, 6.45) is 17.8. The number of allylic oxidation sites excluding steroid dienone is 5. The van der Waals surface area contributed by atoms with Gasteiger partial charge in [-0.05, 0) is 146 Å². The highest BCUT2D eigenvalue weighted by Crippen LogP contribution is 2.79. The van der Waals surface area contributed by atoms with Crippen molar-refractivity contribution in [1.82, 2.24) is 10.2 Å². The third kappa shape index (κ3) is 5.24. The van der Waals surface area contributed by atoms with Crippen molar-refractivity contribution in [2.24, 2.45) is 50.7 Å². The SMILES string of the molecule is C=C(C)C1CCC2(NCCN3CCS(=O)CC3)CCC3(C)C(CCC4C3(C)CCC3(C)C(C)(C)C(C5=CCC(Cl)(C(=O)O)CC5)=CCC43C)C12. The molecule has 6 aliphatic carbocycles. The molecular weight excluding hydrogens is 660 g/mol. The summed E-state index contributed by atoms with van der Waals surface area (Å²) in [5.74, 6) is 3.41. The van der Waals surface area contributed by atoms with E-state index in [1.165, 1.54) is 68.1 Å². The predicted molar refractivity (Wildman–Crippen MR) is 208 cm³/mol. The maximum Gasteiger partial charge on any atom is 0.325 e. The molecule has 5 nitrogen and oxygen atoms in total. The number of carboxylic acid groups (broad SMARTS) is 1. The van der Waals surface area contributed by atoms with Crippen LogP contribution in [0.25, 0.3) is 0 Å². The largest absolute Gasteiger partial charge is 0.480 e. The molecule has 50 heavy (non-hydrogen) atoms. The summed E-state index contributed by atoms with van der Waals surface area (Å²) in [6, 6.07) is 0. The molecule has 0 aromatic heterocycles. The van der Waals surface area contributed by atoms with Crippen LogP contribution in [0.4, 0.5) is 0 Å². The van der Waals surface area contributed by atoms with E-state index in [1.54, 1.807) is 0 Å². The van der Waals surface area contributed by atoms with Gasteiger partial charge in [-0.25, -0.2) is 0 Å². The number of halogens is 1. The molecule has 1 saturated heterocycles. The van der Waals surface area contributed by atoms with Gasteiger partial charge >= 0.3 is 5.97 Å². The number of carbonyl (C=O) groups is 1. The van der Waals surface area contributed by atoms with E-state index in [0.717, 1.165) is 50.5 Å². The third-order valence-electron chi connectivity index (χ3n) is 18.1. The van der Waals surface area contributed by atoms with Crippen molar-refractivity contribution >= 4 is 28.4 Å². The number of fused-ring (bicyclic) bond motifs is 7. The lowest BCUT2D eigenvalue weighted by Crippen LogP contribution is -2.70. The zero-order valence-electron chi connectivity index (χ0n) is 32.4. The Balaban J connectivity index is 1.16. The highest BCUT2D eigenvalue weighted by Gasteiger charge is 2.73. The number of hydrogen-bond acceptors (Lipinski definition) is 4. The van der Waals surface area contributed by atoms with Crippen molar-refractivity contribution in [2.75, 3.05) is 37.7 Å². The molecule has 0 aromatic rings. The van der Waals surface area contributed by atoms with E-state index < -0.39 is 21.6 Å². The second kappa shape index (κ2) is 12.6. The molecule has 1 heterocycles. The van der Waals surface area contributed by atoms with E-state index in [4.69, 9.17) is 11.6 Å². The van der Waals surface area contributed by atoms with Crippen molar-refractivity contribution in [3.05, 3.63) is 35.5 Å². The Kier molecular flexibility index (Phi) is 9.38. The fraction of sp³-hybridized carbons (Fsp3) is 0.837. The minimum atomic E-state index is -1.16. The van der Waals surface area contributed by atoms with Crippen molar-refractivity contribution in [2.45, 2.75) is 136 Å². The lowest BCUT2D eigenvalue weighted by molar-refractivity contribution is -0.247. The summed E-state index contributed by atoms with van der Waals surface area (Å²) in [7, 11) is -0.623. The Labute approximate surface area is 311 Å². The highest BCUT2D eigenvalue weighted by atomic mass is 35.5. The van der Waals surface area contributed by atoms with Crippen LogP contribution in [0.1, 0.15) is 126 Å². The minimum Gasteiger partial charge on any atom is -0.480 e. The van der Waals surface area contributed by atoms with Gasteiger partial charge in [0, 0.05) is 54.0 Å². The molecule has 0 aromatic carbocycles. The number of carboxylic acids is 1. The first kappa shape index (κ1) is 37.4. The first-order chi connectivity index (χ1) is 23.4. The van der Waals surface area contributed by atoms with Crippen LogP contribution in [0.15, 0.2) is 35.5 Å². The van der Waals surface area contributed by atoms with Crippen LogP contribution >= 0.6 is 11.6 Å². The summed E-state index contributed by atoms with van der Waals surface area (Å²) in [4.78, 5) is 13.3. The van der Waals surface area contributed by atoms with Crippen molar-refractivity contribution in [1.29, 1.82) is 0 Å². The molecule has 7 rings (SSSR count). The van der Waals surface area contributed by atoms with Gasteiger partial charge in [-0.2, -0.15) is 0 Å². The van der Waals surface area contributed by atoms with E-state index in [0.29, 0.717) is 41.9 Å². The van der Waals surface area contributed by atoms with Gasteiger partial charge in [-0.1, -0.05) is 65.8 Å². The topological polar surface area (TPSA) is 69.6 Å². The smallest absolute Gasteiger partial charge is 0.325 e. The van der Waals surface area contributed by atoms with Crippen LogP contribution < -0.4 is 5.32 Å². The van der Waals surface area contributed by atoms with Gasteiger partial charge in [-0.3, -0.25) is 9.00 Å². The van der Waals surface area contributed by atoms with E-state index in [1.807, 2.05) is 0 Å². The van der Waals surface area contributed by atoms with Crippen LogP contribution in [-0.2, 0) is 15.6 Å². The molecule has 7 aliphatic rings. The van der Waals surface area contributed by atoms with Gasteiger partial charge in [0.15, 0.2) is 0 Å². The molecule has 0 amide bonds. The molecule has 10 unspecified atom stereocenters. The van der Waals surface area contributed by atoms with Crippen molar-refractivity contribution in [3.63, 3.8) is 0 Å². The van der Waals surface area contributed by atoms with Gasteiger partial charge in [0.1, 0.15) is 4.87 Å². The van der Waals surface area contributed by atoms with E-state index in [9.17, 15) is 14.1 Å². The molecule has 5 fully saturated rings. The summed E-state index contributed by atoms with van der Waals surface area (Å²) in [5.41, 5.74) is 5.34. The summed E-state index contributed by atoms with van der Waals surface area (Å²) in [5, 5.41) is 14.0. The number of aliphatic carboxylic acids is 1. The molecule has 0 spiro atoms. The second-order valence-electron chi connectivity index (χ2n) is 19.8. The highest BCUT2D eigenvalue weighted by molar-refractivity contribution is 7.85. The second-order valence-corrected chi connectivity index (χ2v) is 22.2. The lowest BCUT2D eigenvalue weighted by atomic mass is 9.29. The Bertz CT molecular complexity index is 1500. The number of rotatable bonds is 7. The molecule has 10 atom stereocenters. The van der Waals surface area contributed by atoms with E-state index in [-0.39, 0.29) is 27.2 Å². The van der Waals surface area contributed by atoms with Crippen molar-refractivity contribution in [3.8, 4) is 0 Å². The standard InChI is InChI=1S/C43H67ClN2O3S/c1-29(2)31-13-18-43(45-23-24-46-25-27-50(49)28-26-46)22-20-38(5)33(35(31)43)9-10-34-39(38,6)19-21-41(8)37(3,4)32(14-15-40(34,41)7)30-11-16-42(44,17-12-30)36(47)48/h11,14,31,33-35,45H,1,9-10,12-13,15-28H2,2-8H3,(H,47,48). The maximum absolute atomic E-state index is 12.0. The van der Waals surface area contributed by atoms with Gasteiger partial charge in [0.05, 0.1) is 0 Å². The molecule has 1 aliphatic heterocycles. The molecular formula is C43H67ClN2O3S. The van der Waals surface area contributed by atoms with Crippen LogP contribution in [-0.4, -0.2) is 68.3 Å². The van der Waals surface area contributed by atoms with E-state index >= 15 is 0 Å². The summed E-state index contributed by atoms with van der Waals surface area (Å²) in [6.45, 7) is 26.8. The molecule has 280 valence electrons. The summed E-state index contributed by atoms with van der Waals surface area (Å²) >= 11 is 6.55. The molecule has 7 heteroatoms. The Morgan fingerprint density at radius 1 is 0.940 bits per heavy atom. The average molecular weight is 728 g/mol. The maximum atomic E-state index is 12.0. The first-order valence-corrected chi connectivity index (χ1v) is 22.0. The third-order valence-corrected chi connectivity index (χ3v) is 19.9. The van der Waals surface area contributed by atoms with Gasteiger partial charge in [-0.15, -0.1) is 11.6 Å². The fourth-order valence-corrected chi connectivity index (χ4v) is 15.7. The number of hydrogen-bond donors (Lipinski definition) is 2. The molecule has 2 N–H and O–H groups in total. The summed E-state index contributed by atoms with van der Waals surface area (Å²) < 4.78 is 12.0. The van der Waals surface area contributed by atoms with Crippen LogP contribution in [0, 0.1) is 50.7 Å². The monoisotopic (exact) mass is 726 g/mol. The van der Waals surface area contributed by atoms with E-state index in [2.05, 4.69) is 77.4 Å². The van der Waals surface area contributed by atoms with Crippen LogP contribution in [0.2, 0.25) is 0 Å². The normalized spacial score (nSPS) is 47.6. The zero-order valence-corrected chi connectivity index (χ0v) is 34.0. The van der Waals surface area contributed by atoms with Crippen LogP contribution in [0.5, 0.6) is 0 Å². The Morgan fingerprint density at radius 3 is 2.28 bits per heavy atom. The Hall–Kier alpha value is -0.950. The number of alkyl halides is 1.